The van der Waals surface area contributed by atoms with Gasteiger partial charge in [-0.2, -0.15) is 0 Å². The summed E-state index contributed by atoms with van der Waals surface area (Å²) in [6.45, 7) is 13.0. The van der Waals surface area contributed by atoms with Crippen molar-refractivity contribution in [3.05, 3.63) is 0 Å². The second kappa shape index (κ2) is 15.3. The zero-order valence-corrected chi connectivity index (χ0v) is 26.6. The first kappa shape index (κ1) is 33.2. The zero-order valence-electron chi connectivity index (χ0n) is 26.6. The molecule has 0 aromatic carbocycles. The first-order valence-electron chi connectivity index (χ1n) is 17.4. The van der Waals surface area contributed by atoms with Crippen LogP contribution in [0.3, 0.4) is 0 Å². The summed E-state index contributed by atoms with van der Waals surface area (Å²) in [5.74, 6) is 3.71. The van der Waals surface area contributed by atoms with Crippen LogP contribution < -0.4 is 21.7 Å². The molecule has 7 N–H and O–H groups in total. The van der Waals surface area contributed by atoms with Crippen molar-refractivity contribution >= 4 is 5.91 Å². The Labute approximate surface area is 250 Å². The van der Waals surface area contributed by atoms with Gasteiger partial charge < -0.3 is 31.9 Å². The van der Waals surface area contributed by atoms with Crippen molar-refractivity contribution in [1.82, 2.24) is 16.0 Å². The van der Waals surface area contributed by atoms with Crippen LogP contribution in [0.4, 0.5) is 0 Å². The van der Waals surface area contributed by atoms with Crippen LogP contribution in [-0.2, 0) is 4.79 Å². The monoisotopic (exact) mass is 576 g/mol. The topological polar surface area (TPSA) is 120 Å². The SMILES string of the molecule is CC(CCC(=O)NCCCNCCCCNCCCN)[C@H]1CCC2C3C[C@H](O)[C@@H]4C[C@H](O)CC[C@]4(C)C3CC[C@@]21C. The number of aliphatic hydroxyl groups is 2. The summed E-state index contributed by atoms with van der Waals surface area (Å²) in [5, 5.41) is 31.7. The van der Waals surface area contributed by atoms with E-state index in [1.807, 2.05) is 0 Å². The van der Waals surface area contributed by atoms with E-state index in [0.29, 0.717) is 41.4 Å². The molecule has 0 bridgehead atoms. The molecule has 1 amide bonds. The Morgan fingerprint density at radius 2 is 1.49 bits per heavy atom. The molecule has 4 saturated carbocycles. The van der Waals surface area contributed by atoms with Crippen molar-refractivity contribution in [2.75, 3.05) is 39.3 Å². The Balaban J connectivity index is 1.14. The van der Waals surface area contributed by atoms with E-state index in [4.69, 9.17) is 5.73 Å². The number of hydrogen-bond acceptors (Lipinski definition) is 6. The second-order valence-corrected chi connectivity index (χ2v) is 15.0. The van der Waals surface area contributed by atoms with E-state index >= 15 is 0 Å². The molecule has 0 aromatic heterocycles. The molecular formula is C34H64N4O3. The van der Waals surface area contributed by atoms with Crippen LogP contribution in [-0.4, -0.2) is 67.6 Å². The van der Waals surface area contributed by atoms with Crippen LogP contribution in [0.25, 0.3) is 0 Å². The summed E-state index contributed by atoms with van der Waals surface area (Å²) >= 11 is 0. The highest BCUT2D eigenvalue weighted by Crippen LogP contribution is 2.68. The summed E-state index contributed by atoms with van der Waals surface area (Å²) in [4.78, 5) is 12.6. The van der Waals surface area contributed by atoms with Crippen molar-refractivity contribution in [3.63, 3.8) is 0 Å². The summed E-state index contributed by atoms with van der Waals surface area (Å²) < 4.78 is 0. The molecule has 7 nitrogen and oxygen atoms in total. The van der Waals surface area contributed by atoms with Gasteiger partial charge in [0.1, 0.15) is 0 Å². The Bertz CT molecular complexity index is 813. The first-order valence-corrected chi connectivity index (χ1v) is 17.4. The Morgan fingerprint density at radius 3 is 2.22 bits per heavy atom. The number of hydrogen-bond donors (Lipinski definition) is 6. The summed E-state index contributed by atoms with van der Waals surface area (Å²) in [7, 11) is 0. The molecule has 4 rings (SSSR count). The van der Waals surface area contributed by atoms with Gasteiger partial charge in [-0.1, -0.05) is 20.8 Å². The van der Waals surface area contributed by atoms with Crippen LogP contribution >= 0.6 is 0 Å². The number of carbonyl (C=O) groups excluding carboxylic acids is 1. The molecule has 0 radical (unpaired) electrons. The predicted octanol–water partition coefficient (Wildman–Crippen LogP) is 4.21. The fraction of sp³-hybridized carbons (Fsp3) is 0.971. The van der Waals surface area contributed by atoms with Crippen LogP contribution in [0, 0.1) is 46.3 Å². The number of rotatable bonds is 16. The Kier molecular flexibility index (Phi) is 12.4. The molecule has 4 unspecified atom stereocenters. The molecule has 4 aliphatic rings. The third-order valence-electron chi connectivity index (χ3n) is 12.6. The van der Waals surface area contributed by atoms with Crippen molar-refractivity contribution in [1.29, 1.82) is 0 Å². The molecule has 0 heterocycles. The van der Waals surface area contributed by atoms with Gasteiger partial charge >= 0.3 is 0 Å². The second-order valence-electron chi connectivity index (χ2n) is 15.0. The fourth-order valence-corrected chi connectivity index (χ4v) is 10.3. The number of amides is 1. The molecule has 0 aliphatic heterocycles. The quantitative estimate of drug-likeness (QED) is 0.153. The summed E-state index contributed by atoms with van der Waals surface area (Å²) in [6, 6.07) is 0. The van der Waals surface area contributed by atoms with Gasteiger partial charge in [-0.25, -0.2) is 0 Å². The molecule has 7 heteroatoms. The molecule has 41 heavy (non-hydrogen) atoms. The van der Waals surface area contributed by atoms with E-state index in [0.717, 1.165) is 84.2 Å². The van der Waals surface area contributed by atoms with E-state index in [1.165, 1.54) is 38.5 Å². The van der Waals surface area contributed by atoms with E-state index < -0.39 is 0 Å². The number of carbonyl (C=O) groups is 1. The van der Waals surface area contributed by atoms with Crippen LogP contribution in [0.5, 0.6) is 0 Å². The number of nitrogens with one attached hydrogen (secondary N) is 3. The first-order chi connectivity index (χ1) is 19.7. The number of fused-ring (bicyclic) bond motifs is 5. The fourth-order valence-electron chi connectivity index (χ4n) is 10.3. The standard InChI is InChI=1S/C34H64N4O3/c1-24(8-11-32(41)38-21-7-20-37-18-5-4-17-36-19-6-16-35)27-9-10-28-26-23-31(40)30-22-25(39)12-14-34(30,3)29(26)13-15-33(27,28)2/h24-31,36-37,39-40H,4-23,35H2,1-3H3,(H,38,41)/t24?,25-,26?,27-,28?,29?,30+,31+,33-,34-/m1/s1. The van der Waals surface area contributed by atoms with Crippen LogP contribution in [0.15, 0.2) is 0 Å². The third-order valence-corrected chi connectivity index (χ3v) is 12.6. The van der Waals surface area contributed by atoms with Crippen molar-refractivity contribution in [2.45, 2.75) is 123 Å². The van der Waals surface area contributed by atoms with E-state index in [-0.39, 0.29) is 29.4 Å². The molecule has 10 atom stereocenters. The van der Waals surface area contributed by atoms with Gasteiger partial charge in [-0.15, -0.1) is 0 Å². The van der Waals surface area contributed by atoms with Gasteiger partial charge in [0.15, 0.2) is 0 Å². The molecule has 238 valence electrons. The molecule has 0 saturated heterocycles. The highest BCUT2D eigenvalue weighted by molar-refractivity contribution is 5.75. The number of aliphatic hydroxyl groups excluding tert-OH is 2. The van der Waals surface area contributed by atoms with Crippen molar-refractivity contribution in [2.24, 2.45) is 52.1 Å². The van der Waals surface area contributed by atoms with Crippen LogP contribution in [0.2, 0.25) is 0 Å². The van der Waals surface area contributed by atoms with E-state index in [1.54, 1.807) is 0 Å². The van der Waals surface area contributed by atoms with Gasteiger partial charge in [0.05, 0.1) is 12.2 Å². The minimum Gasteiger partial charge on any atom is -0.393 e. The lowest BCUT2D eigenvalue weighted by Crippen LogP contribution is -2.58. The van der Waals surface area contributed by atoms with Gasteiger partial charge in [-0.3, -0.25) is 4.79 Å². The highest BCUT2D eigenvalue weighted by Gasteiger charge is 2.62. The maximum absolute atomic E-state index is 12.6. The zero-order chi connectivity index (χ0) is 29.5. The minimum atomic E-state index is -0.261. The van der Waals surface area contributed by atoms with Crippen LogP contribution in [0.1, 0.15) is 111 Å². The molecule has 0 spiro atoms. The lowest BCUT2D eigenvalue weighted by molar-refractivity contribution is -0.172. The largest absolute Gasteiger partial charge is 0.393 e. The molecule has 4 aliphatic carbocycles. The molecular weight excluding hydrogens is 512 g/mol. The Morgan fingerprint density at radius 1 is 0.829 bits per heavy atom. The lowest BCUT2D eigenvalue weighted by Gasteiger charge is -2.62. The Hall–Kier alpha value is -0.730. The predicted molar refractivity (Wildman–Crippen MR) is 167 cm³/mol. The number of unbranched alkanes of at least 4 members (excludes halogenated alkanes) is 1. The van der Waals surface area contributed by atoms with Crippen molar-refractivity contribution < 1.29 is 15.0 Å². The van der Waals surface area contributed by atoms with Crippen molar-refractivity contribution in [3.8, 4) is 0 Å². The maximum atomic E-state index is 12.6. The maximum Gasteiger partial charge on any atom is 0.220 e. The molecule has 4 fully saturated rings. The average Bonchev–Trinajstić information content (AvgIpc) is 3.31. The lowest BCUT2D eigenvalue weighted by atomic mass is 9.44. The van der Waals surface area contributed by atoms with Gasteiger partial charge in [-0.05, 0) is 163 Å². The van der Waals surface area contributed by atoms with E-state index in [2.05, 4.69) is 36.7 Å². The molecule has 0 aromatic rings. The van der Waals surface area contributed by atoms with Gasteiger partial charge in [0, 0.05) is 13.0 Å². The highest BCUT2D eigenvalue weighted by atomic mass is 16.3. The minimum absolute atomic E-state index is 0.183. The van der Waals surface area contributed by atoms with Gasteiger partial charge in [0.25, 0.3) is 0 Å². The summed E-state index contributed by atoms with van der Waals surface area (Å²) in [5.41, 5.74) is 6.02. The number of nitrogens with two attached hydrogens (primary N) is 1. The van der Waals surface area contributed by atoms with E-state index in [9.17, 15) is 15.0 Å². The average molecular weight is 577 g/mol. The van der Waals surface area contributed by atoms with Gasteiger partial charge in [0.2, 0.25) is 5.91 Å². The summed E-state index contributed by atoms with van der Waals surface area (Å²) in [6.07, 6.45) is 14.3. The smallest absolute Gasteiger partial charge is 0.220 e. The normalized spacial score (nSPS) is 39.0. The third kappa shape index (κ3) is 7.87.